The van der Waals surface area contributed by atoms with Gasteiger partial charge < -0.3 is 26.0 Å². The second-order valence-corrected chi connectivity index (χ2v) is 10.6. The summed E-state index contributed by atoms with van der Waals surface area (Å²) in [6.45, 7) is 5.12. The summed E-state index contributed by atoms with van der Waals surface area (Å²) in [5.41, 5.74) is 10.3. The van der Waals surface area contributed by atoms with Gasteiger partial charge in [0.2, 0.25) is 0 Å². The van der Waals surface area contributed by atoms with Gasteiger partial charge in [-0.25, -0.2) is 9.37 Å². The Morgan fingerprint density at radius 2 is 2.09 bits per heavy atom. The Labute approximate surface area is 201 Å². The predicted molar refractivity (Wildman–Crippen MR) is 132 cm³/mol. The van der Waals surface area contributed by atoms with Crippen LogP contribution in [-0.2, 0) is 17.6 Å². The first kappa shape index (κ1) is 21.8. The fourth-order valence-electron chi connectivity index (χ4n) is 5.39. The second kappa shape index (κ2) is 8.48. The Balaban J connectivity index is 1.18. The first-order valence-corrected chi connectivity index (χ1v) is 12.6. The number of aryl methyl sites for hydroxylation is 2. The number of pyridine rings is 1. The number of nitrogen functional groups attached to an aromatic ring is 1. The number of nitrogens with one attached hydrogen (secondary N) is 2. The van der Waals surface area contributed by atoms with Crippen LogP contribution in [-0.4, -0.2) is 55.3 Å². The smallest absolute Gasteiger partial charge is 0.263 e. The van der Waals surface area contributed by atoms with Gasteiger partial charge in [-0.05, 0) is 61.6 Å². The number of anilines is 2. The molecule has 2 fully saturated rings. The zero-order valence-corrected chi connectivity index (χ0v) is 19.9. The lowest BCUT2D eigenvalue weighted by molar-refractivity contribution is -0.0484. The SMILES string of the molecule is Cc1ccc2c(N)c(C(=O)N[C@H]3CCc4cc(N5CC6CNCC(C5)O6)cc(F)c4C3)sc2n1. The van der Waals surface area contributed by atoms with Crippen LogP contribution in [0.4, 0.5) is 15.8 Å². The number of ether oxygens (including phenoxy) is 1. The molecule has 1 aromatic carbocycles. The van der Waals surface area contributed by atoms with E-state index in [9.17, 15) is 4.79 Å². The number of rotatable bonds is 3. The minimum atomic E-state index is -0.211. The molecule has 1 aliphatic carbocycles. The molecule has 3 aliphatic rings. The van der Waals surface area contributed by atoms with Crippen LogP contribution < -0.4 is 21.3 Å². The molecule has 6 rings (SSSR count). The second-order valence-electron chi connectivity index (χ2n) is 9.57. The maximum Gasteiger partial charge on any atom is 0.263 e. The lowest BCUT2D eigenvalue weighted by atomic mass is 9.87. The average molecular weight is 482 g/mol. The van der Waals surface area contributed by atoms with E-state index in [4.69, 9.17) is 10.5 Å². The van der Waals surface area contributed by atoms with E-state index in [-0.39, 0.29) is 30.0 Å². The molecular formula is C25H28FN5O2S. The highest BCUT2D eigenvalue weighted by Crippen LogP contribution is 2.34. The molecule has 7 nitrogen and oxygen atoms in total. The highest BCUT2D eigenvalue weighted by molar-refractivity contribution is 7.21. The lowest BCUT2D eigenvalue weighted by Gasteiger charge is -2.43. The summed E-state index contributed by atoms with van der Waals surface area (Å²) in [4.78, 5) is 21.0. The summed E-state index contributed by atoms with van der Waals surface area (Å²) < 4.78 is 21.2. The first-order chi connectivity index (χ1) is 16.4. The molecular weight excluding hydrogens is 453 g/mol. The van der Waals surface area contributed by atoms with Crippen LogP contribution in [0.3, 0.4) is 0 Å². The molecule has 2 aliphatic heterocycles. The van der Waals surface area contributed by atoms with E-state index >= 15 is 4.39 Å². The van der Waals surface area contributed by atoms with Crippen molar-refractivity contribution in [1.82, 2.24) is 15.6 Å². The largest absolute Gasteiger partial charge is 0.397 e. The molecule has 34 heavy (non-hydrogen) atoms. The number of morpholine rings is 2. The molecule has 4 heterocycles. The van der Waals surface area contributed by atoms with Crippen LogP contribution in [0, 0.1) is 12.7 Å². The van der Waals surface area contributed by atoms with Gasteiger partial charge in [-0.15, -0.1) is 11.3 Å². The number of aromatic nitrogens is 1. The third kappa shape index (κ3) is 3.91. The average Bonchev–Trinajstić information content (AvgIpc) is 3.14. The maximum atomic E-state index is 15.2. The zero-order valence-electron chi connectivity index (χ0n) is 19.1. The number of nitrogens with two attached hydrogens (primary N) is 1. The number of fused-ring (bicyclic) bond motifs is 4. The van der Waals surface area contributed by atoms with Gasteiger partial charge in [0.05, 0.1) is 17.9 Å². The van der Waals surface area contributed by atoms with Gasteiger partial charge in [-0.2, -0.15) is 0 Å². The van der Waals surface area contributed by atoms with Crippen LogP contribution in [0.2, 0.25) is 0 Å². The van der Waals surface area contributed by atoms with Crippen LogP contribution >= 0.6 is 11.3 Å². The van der Waals surface area contributed by atoms with Crippen molar-refractivity contribution in [2.45, 2.75) is 44.4 Å². The molecule has 0 saturated carbocycles. The van der Waals surface area contributed by atoms with Gasteiger partial charge in [-0.3, -0.25) is 4.79 Å². The first-order valence-electron chi connectivity index (χ1n) is 11.8. The van der Waals surface area contributed by atoms with Crippen molar-refractivity contribution in [3.63, 3.8) is 0 Å². The summed E-state index contributed by atoms with van der Waals surface area (Å²) in [6, 6.07) is 7.44. The van der Waals surface area contributed by atoms with Crippen LogP contribution in [0.1, 0.15) is 32.9 Å². The Morgan fingerprint density at radius 3 is 2.88 bits per heavy atom. The lowest BCUT2D eigenvalue weighted by Crippen LogP contribution is -2.58. The van der Waals surface area contributed by atoms with Gasteiger partial charge in [0, 0.05) is 49.0 Å². The Hall–Kier alpha value is -2.75. The monoisotopic (exact) mass is 481 g/mol. The third-order valence-corrected chi connectivity index (χ3v) is 8.22. The highest BCUT2D eigenvalue weighted by Gasteiger charge is 2.32. The summed E-state index contributed by atoms with van der Waals surface area (Å²) in [6.07, 6.45) is 2.26. The summed E-state index contributed by atoms with van der Waals surface area (Å²) in [7, 11) is 0. The summed E-state index contributed by atoms with van der Waals surface area (Å²) in [5.74, 6) is -0.403. The quantitative estimate of drug-likeness (QED) is 0.533. The van der Waals surface area contributed by atoms with E-state index in [1.165, 1.54) is 11.3 Å². The molecule has 4 N–H and O–H groups in total. The number of nitrogens with zero attached hydrogens (tertiary/aromatic N) is 2. The van der Waals surface area contributed by atoms with Crippen molar-refractivity contribution in [2.75, 3.05) is 36.8 Å². The van der Waals surface area contributed by atoms with E-state index < -0.39 is 0 Å². The maximum absolute atomic E-state index is 15.2. The Bertz CT molecular complexity index is 1270. The molecule has 178 valence electrons. The fraction of sp³-hybridized carbons (Fsp3) is 0.440. The summed E-state index contributed by atoms with van der Waals surface area (Å²) in [5, 5.41) is 7.28. The number of carbonyl (C=O) groups is 1. The van der Waals surface area contributed by atoms with E-state index in [1.807, 2.05) is 19.1 Å². The molecule has 2 saturated heterocycles. The number of hydrogen-bond acceptors (Lipinski definition) is 7. The molecule has 1 amide bonds. The van der Waals surface area contributed by atoms with Gasteiger partial charge in [0.1, 0.15) is 15.5 Å². The molecule has 2 bridgehead atoms. The van der Waals surface area contributed by atoms with Gasteiger partial charge in [0.25, 0.3) is 5.91 Å². The zero-order chi connectivity index (χ0) is 23.4. The van der Waals surface area contributed by atoms with Crippen molar-refractivity contribution in [3.8, 4) is 0 Å². The van der Waals surface area contributed by atoms with Crippen LogP contribution in [0.15, 0.2) is 24.3 Å². The number of hydrogen-bond donors (Lipinski definition) is 3. The topological polar surface area (TPSA) is 92.5 Å². The Morgan fingerprint density at radius 1 is 1.29 bits per heavy atom. The van der Waals surface area contributed by atoms with Crippen molar-refractivity contribution in [1.29, 1.82) is 0 Å². The number of benzene rings is 1. The molecule has 2 aromatic heterocycles. The normalized spacial score (nSPS) is 24.2. The number of carbonyl (C=O) groups excluding carboxylic acids is 1. The fourth-order valence-corrected chi connectivity index (χ4v) is 6.43. The van der Waals surface area contributed by atoms with E-state index in [0.29, 0.717) is 22.5 Å². The molecule has 2 unspecified atom stereocenters. The van der Waals surface area contributed by atoms with E-state index in [1.54, 1.807) is 6.07 Å². The van der Waals surface area contributed by atoms with Gasteiger partial charge in [-0.1, -0.05) is 0 Å². The minimum Gasteiger partial charge on any atom is -0.397 e. The molecule has 9 heteroatoms. The van der Waals surface area contributed by atoms with Crippen molar-refractivity contribution >= 4 is 38.8 Å². The van der Waals surface area contributed by atoms with Crippen molar-refractivity contribution in [2.24, 2.45) is 0 Å². The van der Waals surface area contributed by atoms with Crippen molar-refractivity contribution in [3.05, 3.63) is 51.8 Å². The van der Waals surface area contributed by atoms with Crippen LogP contribution in [0.25, 0.3) is 10.2 Å². The number of halogens is 1. The highest BCUT2D eigenvalue weighted by atomic mass is 32.1. The third-order valence-electron chi connectivity index (χ3n) is 7.10. The standard InChI is InChI=1S/C25H28FN5O2S/c1-13-2-5-19-22(27)23(34-25(19)29-13)24(32)30-15-4-3-14-6-16(8-21(26)20(14)7-15)31-11-17-9-28-10-18(12-31)33-17/h2,5-6,8,15,17-18,28H,3-4,7,9-12,27H2,1H3,(H,30,32)/t15-,17?,18?/m0/s1. The van der Waals surface area contributed by atoms with E-state index in [2.05, 4.69) is 26.6 Å². The Kier molecular flexibility index (Phi) is 5.43. The van der Waals surface area contributed by atoms with E-state index in [0.717, 1.165) is 66.2 Å². The van der Waals surface area contributed by atoms with Crippen LogP contribution in [0.5, 0.6) is 0 Å². The molecule has 0 spiro atoms. The molecule has 3 aromatic rings. The number of amides is 1. The van der Waals surface area contributed by atoms with Gasteiger partial charge in [0.15, 0.2) is 0 Å². The minimum absolute atomic E-state index is 0.131. The summed E-state index contributed by atoms with van der Waals surface area (Å²) >= 11 is 1.31. The van der Waals surface area contributed by atoms with Gasteiger partial charge >= 0.3 is 0 Å². The molecule has 3 atom stereocenters. The molecule has 0 radical (unpaired) electrons. The van der Waals surface area contributed by atoms with Crippen molar-refractivity contribution < 1.29 is 13.9 Å². The number of thiophene rings is 1. The predicted octanol–water partition coefficient (Wildman–Crippen LogP) is 2.79.